The summed E-state index contributed by atoms with van der Waals surface area (Å²) in [6.45, 7) is 7.05. The van der Waals surface area contributed by atoms with E-state index in [4.69, 9.17) is 4.42 Å². The fourth-order valence-electron chi connectivity index (χ4n) is 3.49. The molecule has 1 aliphatic rings. The summed E-state index contributed by atoms with van der Waals surface area (Å²) in [6, 6.07) is 6.46. The van der Waals surface area contributed by atoms with Crippen LogP contribution in [0.25, 0.3) is 11.0 Å². The summed E-state index contributed by atoms with van der Waals surface area (Å²) < 4.78 is 5.61. The van der Waals surface area contributed by atoms with Crippen molar-refractivity contribution >= 4 is 16.9 Å². The molecule has 124 valence electrons. The Labute approximate surface area is 138 Å². The topological polar surface area (TPSA) is 36.7 Å². The molecule has 0 saturated carbocycles. The van der Waals surface area contributed by atoms with Crippen LogP contribution in [0.4, 0.5) is 0 Å². The number of hydrogen-bond acceptors (Lipinski definition) is 3. The van der Waals surface area contributed by atoms with Gasteiger partial charge in [0.1, 0.15) is 11.8 Å². The maximum atomic E-state index is 13.1. The van der Waals surface area contributed by atoms with Crippen molar-refractivity contribution in [3.05, 3.63) is 35.6 Å². The smallest absolute Gasteiger partial charge is 0.257 e. The Morgan fingerprint density at radius 2 is 2.04 bits per heavy atom. The lowest BCUT2D eigenvalue weighted by Crippen LogP contribution is -2.46. The Morgan fingerprint density at radius 3 is 2.70 bits per heavy atom. The molecule has 0 unspecified atom stereocenters. The van der Waals surface area contributed by atoms with Crippen LogP contribution in [0.1, 0.15) is 42.6 Å². The molecule has 0 bridgehead atoms. The molecule has 3 rings (SSSR count). The number of furan rings is 1. The molecule has 0 atom stereocenters. The van der Waals surface area contributed by atoms with Gasteiger partial charge in [-0.15, -0.1) is 0 Å². The van der Waals surface area contributed by atoms with E-state index in [-0.39, 0.29) is 5.91 Å². The summed E-state index contributed by atoms with van der Waals surface area (Å²) >= 11 is 0. The van der Waals surface area contributed by atoms with Gasteiger partial charge in [0.05, 0.1) is 5.56 Å². The quantitative estimate of drug-likeness (QED) is 0.866. The molecule has 1 aliphatic heterocycles. The molecule has 23 heavy (non-hydrogen) atoms. The zero-order chi connectivity index (χ0) is 16.4. The number of piperidine rings is 1. The molecule has 0 N–H and O–H groups in total. The fourth-order valence-corrected chi connectivity index (χ4v) is 3.49. The molecule has 0 radical (unpaired) electrons. The van der Waals surface area contributed by atoms with Crippen molar-refractivity contribution in [1.29, 1.82) is 0 Å². The number of nitrogens with zero attached hydrogens (tertiary/aromatic N) is 2. The molecule has 4 nitrogen and oxygen atoms in total. The monoisotopic (exact) mass is 314 g/mol. The predicted octanol–water partition coefficient (Wildman–Crippen LogP) is 3.55. The number of amides is 1. The highest BCUT2D eigenvalue weighted by Gasteiger charge is 2.28. The van der Waals surface area contributed by atoms with E-state index in [9.17, 15) is 4.79 Å². The minimum Gasteiger partial charge on any atom is -0.463 e. The molecule has 1 amide bonds. The van der Waals surface area contributed by atoms with Crippen molar-refractivity contribution in [2.75, 3.05) is 26.7 Å². The average Bonchev–Trinajstić information content (AvgIpc) is 3.00. The number of fused-ring (bicyclic) bond motifs is 1. The fraction of sp³-hybridized carbons (Fsp3) is 0.526. The molecule has 0 spiro atoms. The number of hydrogen-bond donors (Lipinski definition) is 0. The summed E-state index contributed by atoms with van der Waals surface area (Å²) in [5, 5.41) is 0.945. The first-order valence-electron chi connectivity index (χ1n) is 8.63. The Bertz CT molecular complexity index is 684. The van der Waals surface area contributed by atoms with Crippen LogP contribution in [0.5, 0.6) is 0 Å². The summed E-state index contributed by atoms with van der Waals surface area (Å²) in [6.07, 6.45) is 4.68. The standard InChI is InChI=1S/C19H26N2O2/c1-4-14-6-7-18-16(12-14)17(13-23-18)19(22)21(5-2)15-8-10-20(3)11-9-15/h6-7,12-13,15H,4-5,8-11H2,1-3H3. The lowest BCUT2D eigenvalue weighted by molar-refractivity contribution is 0.0607. The van der Waals surface area contributed by atoms with Crippen LogP contribution >= 0.6 is 0 Å². The molecule has 1 aromatic heterocycles. The second kappa shape index (κ2) is 6.75. The average molecular weight is 314 g/mol. The number of carbonyl (C=O) groups excluding carboxylic acids is 1. The van der Waals surface area contributed by atoms with Gasteiger partial charge in [0.2, 0.25) is 0 Å². The lowest BCUT2D eigenvalue weighted by Gasteiger charge is -2.36. The molecule has 1 fully saturated rings. The van der Waals surface area contributed by atoms with Gasteiger partial charge >= 0.3 is 0 Å². The van der Waals surface area contributed by atoms with Gasteiger partial charge in [-0.05, 0) is 64.0 Å². The number of likely N-dealkylation sites (tertiary alicyclic amines) is 1. The summed E-state index contributed by atoms with van der Waals surface area (Å²) in [5.74, 6) is 0.106. The molecule has 1 aromatic carbocycles. The van der Waals surface area contributed by atoms with Gasteiger partial charge in [-0.25, -0.2) is 0 Å². The first kappa shape index (κ1) is 16.1. The Morgan fingerprint density at radius 1 is 1.30 bits per heavy atom. The third kappa shape index (κ3) is 3.13. The molecule has 4 heteroatoms. The highest BCUT2D eigenvalue weighted by molar-refractivity contribution is 6.06. The largest absolute Gasteiger partial charge is 0.463 e. The first-order chi connectivity index (χ1) is 11.1. The Hall–Kier alpha value is -1.81. The normalized spacial score (nSPS) is 16.8. The van der Waals surface area contributed by atoms with Gasteiger partial charge in [-0.3, -0.25) is 4.79 Å². The molecular weight excluding hydrogens is 288 g/mol. The van der Waals surface area contributed by atoms with Gasteiger partial charge < -0.3 is 14.2 Å². The molecular formula is C19H26N2O2. The minimum absolute atomic E-state index is 0.106. The molecule has 0 aliphatic carbocycles. The van der Waals surface area contributed by atoms with Gasteiger partial charge in [0, 0.05) is 18.0 Å². The van der Waals surface area contributed by atoms with E-state index in [2.05, 4.69) is 37.9 Å². The summed E-state index contributed by atoms with van der Waals surface area (Å²) in [5.41, 5.74) is 2.73. The SMILES string of the molecule is CCc1ccc2occ(C(=O)N(CC)C3CCN(C)CC3)c2c1. The van der Waals surface area contributed by atoms with E-state index >= 15 is 0 Å². The highest BCUT2D eigenvalue weighted by Crippen LogP contribution is 2.26. The van der Waals surface area contributed by atoms with Crippen LogP contribution in [-0.2, 0) is 6.42 Å². The van der Waals surface area contributed by atoms with E-state index in [0.29, 0.717) is 11.6 Å². The highest BCUT2D eigenvalue weighted by atomic mass is 16.3. The van der Waals surface area contributed by atoms with E-state index < -0.39 is 0 Å². The van der Waals surface area contributed by atoms with Gasteiger partial charge in [0.25, 0.3) is 5.91 Å². The van der Waals surface area contributed by atoms with Gasteiger partial charge in [-0.2, -0.15) is 0 Å². The van der Waals surface area contributed by atoms with E-state index in [1.165, 1.54) is 5.56 Å². The number of carbonyl (C=O) groups is 1. The van der Waals surface area contributed by atoms with E-state index in [1.54, 1.807) is 6.26 Å². The maximum Gasteiger partial charge on any atom is 0.257 e. The van der Waals surface area contributed by atoms with Crippen LogP contribution in [-0.4, -0.2) is 48.4 Å². The van der Waals surface area contributed by atoms with Crippen molar-refractivity contribution in [2.45, 2.75) is 39.2 Å². The number of benzene rings is 1. The minimum atomic E-state index is 0.106. The van der Waals surface area contributed by atoms with Crippen LogP contribution < -0.4 is 0 Å². The van der Waals surface area contributed by atoms with Gasteiger partial charge in [0.15, 0.2) is 0 Å². The van der Waals surface area contributed by atoms with Crippen LogP contribution in [0.15, 0.2) is 28.9 Å². The predicted molar refractivity (Wildman–Crippen MR) is 92.8 cm³/mol. The van der Waals surface area contributed by atoms with Crippen molar-refractivity contribution in [3.8, 4) is 0 Å². The third-order valence-corrected chi connectivity index (χ3v) is 5.01. The maximum absolute atomic E-state index is 13.1. The van der Waals surface area contributed by atoms with Crippen molar-refractivity contribution in [2.24, 2.45) is 0 Å². The number of aryl methyl sites for hydroxylation is 1. The number of rotatable bonds is 4. The van der Waals surface area contributed by atoms with Crippen molar-refractivity contribution < 1.29 is 9.21 Å². The first-order valence-corrected chi connectivity index (χ1v) is 8.63. The second-order valence-electron chi connectivity index (χ2n) is 6.46. The van der Waals surface area contributed by atoms with Crippen LogP contribution in [0.2, 0.25) is 0 Å². The van der Waals surface area contributed by atoms with E-state index in [1.807, 2.05) is 11.0 Å². The molecule has 2 aromatic rings. The van der Waals surface area contributed by atoms with E-state index in [0.717, 1.165) is 49.9 Å². The molecule has 1 saturated heterocycles. The third-order valence-electron chi connectivity index (χ3n) is 5.01. The van der Waals surface area contributed by atoms with Crippen molar-refractivity contribution in [3.63, 3.8) is 0 Å². The van der Waals surface area contributed by atoms with Crippen molar-refractivity contribution in [1.82, 2.24) is 9.80 Å². The van der Waals surface area contributed by atoms with Gasteiger partial charge in [-0.1, -0.05) is 13.0 Å². The molecule has 2 heterocycles. The lowest BCUT2D eigenvalue weighted by atomic mass is 10.0. The Kier molecular flexibility index (Phi) is 4.71. The second-order valence-corrected chi connectivity index (χ2v) is 6.46. The van der Waals surface area contributed by atoms with Crippen LogP contribution in [0.3, 0.4) is 0 Å². The van der Waals surface area contributed by atoms with Crippen LogP contribution in [0, 0.1) is 0 Å². The Balaban J connectivity index is 1.88. The zero-order valence-electron chi connectivity index (χ0n) is 14.3. The summed E-state index contributed by atoms with van der Waals surface area (Å²) in [4.78, 5) is 17.4. The summed E-state index contributed by atoms with van der Waals surface area (Å²) in [7, 11) is 2.14. The zero-order valence-corrected chi connectivity index (χ0v) is 14.3.